The van der Waals surface area contributed by atoms with E-state index in [-0.39, 0.29) is 11.5 Å². The number of hydrogen-bond acceptors (Lipinski definition) is 4. The minimum Gasteiger partial charge on any atom is -0.365 e. The van der Waals surface area contributed by atoms with Gasteiger partial charge in [-0.2, -0.15) is 9.61 Å². The van der Waals surface area contributed by atoms with E-state index in [1.807, 2.05) is 35.7 Å². The Labute approximate surface area is 147 Å². The summed E-state index contributed by atoms with van der Waals surface area (Å²) in [4.78, 5) is 9.00. The molecule has 1 atom stereocenters. The highest BCUT2D eigenvalue weighted by Gasteiger charge is 2.18. The van der Waals surface area contributed by atoms with Crippen LogP contribution in [0.1, 0.15) is 50.7 Å². The first-order chi connectivity index (χ1) is 11.2. The Kier molecular flexibility index (Phi) is 4.22. The van der Waals surface area contributed by atoms with Crippen molar-refractivity contribution < 1.29 is 0 Å². The van der Waals surface area contributed by atoms with Crippen molar-refractivity contribution in [1.29, 1.82) is 0 Å². The molecule has 0 spiro atoms. The second-order valence-corrected chi connectivity index (χ2v) is 7.56. The molecule has 3 aromatic heterocycles. The third kappa shape index (κ3) is 3.51. The first kappa shape index (κ1) is 16.7. The molecule has 0 aliphatic carbocycles. The number of nitrogens with zero attached hydrogens (tertiary/aromatic N) is 4. The summed E-state index contributed by atoms with van der Waals surface area (Å²) in [5.74, 6) is 0.999. The fourth-order valence-electron chi connectivity index (χ4n) is 2.60. The summed E-state index contributed by atoms with van der Waals surface area (Å²) < 4.78 is 1.86. The SMILES string of the molecule is Cc1cc(NC(C)(C)C)n2nc(C(C)c3ccc(Cl)cn3)cc2n1. The van der Waals surface area contributed by atoms with E-state index in [1.54, 1.807) is 6.20 Å². The third-order valence-corrected chi connectivity index (χ3v) is 3.94. The summed E-state index contributed by atoms with van der Waals surface area (Å²) >= 11 is 5.93. The van der Waals surface area contributed by atoms with Gasteiger partial charge >= 0.3 is 0 Å². The number of halogens is 1. The molecule has 0 aromatic carbocycles. The number of aryl methyl sites for hydroxylation is 1. The van der Waals surface area contributed by atoms with Crippen LogP contribution in [0.4, 0.5) is 5.82 Å². The number of nitrogens with one attached hydrogen (secondary N) is 1. The normalized spacial score (nSPS) is 13.2. The highest BCUT2D eigenvalue weighted by Crippen LogP contribution is 2.25. The van der Waals surface area contributed by atoms with E-state index in [9.17, 15) is 0 Å². The van der Waals surface area contributed by atoms with Crippen LogP contribution in [0.5, 0.6) is 0 Å². The van der Waals surface area contributed by atoms with Crippen LogP contribution in [0.2, 0.25) is 5.02 Å². The lowest BCUT2D eigenvalue weighted by Crippen LogP contribution is -2.27. The predicted octanol–water partition coefficient (Wildman–Crippen LogP) is 4.45. The van der Waals surface area contributed by atoms with Gasteiger partial charge in [-0.3, -0.25) is 4.98 Å². The number of pyridine rings is 1. The monoisotopic (exact) mass is 343 g/mol. The minimum atomic E-state index is -0.0593. The molecule has 3 heterocycles. The summed E-state index contributed by atoms with van der Waals surface area (Å²) in [5.41, 5.74) is 3.59. The summed E-state index contributed by atoms with van der Waals surface area (Å²) in [6.45, 7) is 10.4. The fourth-order valence-corrected chi connectivity index (χ4v) is 2.71. The molecule has 0 aliphatic heterocycles. The van der Waals surface area contributed by atoms with E-state index in [4.69, 9.17) is 16.7 Å². The average Bonchev–Trinajstić information content (AvgIpc) is 2.89. The zero-order valence-electron chi connectivity index (χ0n) is 14.6. The number of fused-ring (bicyclic) bond motifs is 1. The predicted molar refractivity (Wildman–Crippen MR) is 97.9 cm³/mol. The van der Waals surface area contributed by atoms with Gasteiger partial charge in [-0.25, -0.2) is 4.98 Å². The Morgan fingerprint density at radius 3 is 2.54 bits per heavy atom. The maximum absolute atomic E-state index is 5.93. The summed E-state index contributed by atoms with van der Waals surface area (Å²) in [5, 5.41) is 8.88. The summed E-state index contributed by atoms with van der Waals surface area (Å²) in [6, 6.07) is 7.82. The molecule has 126 valence electrons. The van der Waals surface area contributed by atoms with Crippen LogP contribution in [0.15, 0.2) is 30.5 Å². The fraction of sp³-hybridized carbons (Fsp3) is 0.389. The molecule has 0 saturated carbocycles. The Bertz CT molecular complexity index is 861. The summed E-state index contributed by atoms with van der Waals surface area (Å²) in [7, 11) is 0. The standard InChI is InChI=1S/C18H22ClN5/c1-11-8-17(22-18(3,4)5)24-16(21-11)9-15(23-24)12(2)14-7-6-13(19)10-20-14/h6-10,12,22H,1-5H3. The Morgan fingerprint density at radius 2 is 1.92 bits per heavy atom. The molecule has 24 heavy (non-hydrogen) atoms. The van der Waals surface area contributed by atoms with Gasteiger partial charge in [0.25, 0.3) is 0 Å². The van der Waals surface area contributed by atoms with Gasteiger partial charge in [0.15, 0.2) is 5.65 Å². The van der Waals surface area contributed by atoms with E-state index >= 15 is 0 Å². The first-order valence-electron chi connectivity index (χ1n) is 8.00. The highest BCUT2D eigenvalue weighted by atomic mass is 35.5. The van der Waals surface area contributed by atoms with Crippen molar-refractivity contribution in [3.05, 3.63) is 52.6 Å². The smallest absolute Gasteiger partial charge is 0.157 e. The van der Waals surface area contributed by atoms with Crippen molar-refractivity contribution in [3.63, 3.8) is 0 Å². The van der Waals surface area contributed by atoms with Crippen LogP contribution >= 0.6 is 11.6 Å². The van der Waals surface area contributed by atoms with Crippen LogP contribution in [0, 0.1) is 6.92 Å². The topological polar surface area (TPSA) is 55.1 Å². The average molecular weight is 344 g/mol. The zero-order valence-corrected chi connectivity index (χ0v) is 15.4. The lowest BCUT2D eigenvalue weighted by Gasteiger charge is -2.22. The van der Waals surface area contributed by atoms with Crippen molar-refractivity contribution in [2.75, 3.05) is 5.32 Å². The Balaban J connectivity index is 2.04. The first-order valence-corrected chi connectivity index (χ1v) is 8.38. The molecular weight excluding hydrogens is 322 g/mol. The van der Waals surface area contributed by atoms with Gasteiger partial charge in [-0.1, -0.05) is 18.5 Å². The van der Waals surface area contributed by atoms with E-state index in [1.165, 1.54) is 0 Å². The lowest BCUT2D eigenvalue weighted by atomic mass is 10.0. The van der Waals surface area contributed by atoms with E-state index in [0.717, 1.165) is 28.5 Å². The summed E-state index contributed by atoms with van der Waals surface area (Å²) in [6.07, 6.45) is 1.66. The number of aromatic nitrogens is 4. The maximum Gasteiger partial charge on any atom is 0.157 e. The second-order valence-electron chi connectivity index (χ2n) is 7.12. The molecule has 3 aromatic rings. The van der Waals surface area contributed by atoms with Crippen molar-refractivity contribution in [1.82, 2.24) is 19.6 Å². The molecule has 3 rings (SSSR count). The van der Waals surface area contributed by atoms with Crippen LogP contribution in [-0.4, -0.2) is 25.1 Å². The molecule has 0 fully saturated rings. The second kappa shape index (κ2) is 6.06. The van der Waals surface area contributed by atoms with Crippen LogP contribution < -0.4 is 5.32 Å². The molecule has 1 N–H and O–H groups in total. The van der Waals surface area contributed by atoms with Gasteiger partial charge in [-0.05, 0) is 39.8 Å². The number of hydrogen-bond donors (Lipinski definition) is 1. The molecule has 0 radical (unpaired) electrons. The quantitative estimate of drug-likeness (QED) is 0.763. The molecule has 0 aliphatic rings. The van der Waals surface area contributed by atoms with E-state index in [0.29, 0.717) is 5.02 Å². The van der Waals surface area contributed by atoms with Gasteiger partial charge in [-0.15, -0.1) is 0 Å². The van der Waals surface area contributed by atoms with Gasteiger partial charge < -0.3 is 5.32 Å². The minimum absolute atomic E-state index is 0.0593. The number of rotatable bonds is 3. The third-order valence-electron chi connectivity index (χ3n) is 3.71. The zero-order chi connectivity index (χ0) is 17.5. The Morgan fingerprint density at radius 1 is 1.17 bits per heavy atom. The van der Waals surface area contributed by atoms with Gasteiger partial charge in [0.1, 0.15) is 5.82 Å². The molecule has 5 nitrogen and oxygen atoms in total. The molecule has 6 heteroatoms. The van der Waals surface area contributed by atoms with Crippen molar-refractivity contribution in [2.45, 2.75) is 46.1 Å². The van der Waals surface area contributed by atoms with Crippen molar-refractivity contribution in [2.24, 2.45) is 0 Å². The van der Waals surface area contributed by atoms with Gasteiger partial charge in [0.2, 0.25) is 0 Å². The Hall–Kier alpha value is -2.14. The number of anilines is 1. The van der Waals surface area contributed by atoms with E-state index in [2.05, 4.69) is 43.0 Å². The van der Waals surface area contributed by atoms with Crippen molar-refractivity contribution in [3.8, 4) is 0 Å². The maximum atomic E-state index is 5.93. The molecule has 1 unspecified atom stereocenters. The largest absolute Gasteiger partial charge is 0.365 e. The lowest BCUT2D eigenvalue weighted by molar-refractivity contribution is 0.624. The van der Waals surface area contributed by atoms with Crippen LogP contribution in [-0.2, 0) is 0 Å². The van der Waals surface area contributed by atoms with Gasteiger partial charge in [0, 0.05) is 41.2 Å². The highest BCUT2D eigenvalue weighted by molar-refractivity contribution is 6.30. The van der Waals surface area contributed by atoms with Gasteiger partial charge in [0.05, 0.1) is 10.7 Å². The van der Waals surface area contributed by atoms with Crippen molar-refractivity contribution >= 4 is 23.1 Å². The van der Waals surface area contributed by atoms with Crippen LogP contribution in [0.25, 0.3) is 5.65 Å². The molecule has 0 bridgehead atoms. The molecular formula is C18H22ClN5. The van der Waals surface area contributed by atoms with E-state index < -0.39 is 0 Å². The molecule has 0 amide bonds. The molecule has 0 saturated heterocycles. The van der Waals surface area contributed by atoms with Crippen LogP contribution in [0.3, 0.4) is 0 Å².